The lowest BCUT2D eigenvalue weighted by atomic mass is 9.63. The van der Waals surface area contributed by atoms with E-state index in [1.807, 2.05) is 13.8 Å². The van der Waals surface area contributed by atoms with Gasteiger partial charge in [-0.3, -0.25) is 4.79 Å². The molecule has 0 saturated heterocycles. The molecular formula is C13H20O. The third-order valence-corrected chi connectivity index (χ3v) is 3.80. The molecule has 1 aliphatic rings. The minimum Gasteiger partial charge on any atom is -0.295 e. The largest absolute Gasteiger partial charge is 0.295 e. The summed E-state index contributed by atoms with van der Waals surface area (Å²) in [5.74, 6) is 0.591. The molecule has 0 bridgehead atoms. The summed E-state index contributed by atoms with van der Waals surface area (Å²) in [5.41, 5.74) is 3.38. The molecule has 1 atom stereocenters. The van der Waals surface area contributed by atoms with Gasteiger partial charge >= 0.3 is 0 Å². The fourth-order valence-electron chi connectivity index (χ4n) is 2.34. The van der Waals surface area contributed by atoms with Gasteiger partial charge in [0, 0.05) is 6.42 Å². The summed E-state index contributed by atoms with van der Waals surface area (Å²) < 4.78 is 0. The van der Waals surface area contributed by atoms with Crippen molar-refractivity contribution in [3.8, 4) is 0 Å². The van der Waals surface area contributed by atoms with Crippen LogP contribution in [0.1, 0.15) is 41.0 Å². The molecule has 0 heterocycles. The molecule has 0 amide bonds. The lowest BCUT2D eigenvalue weighted by molar-refractivity contribution is -0.117. The molecule has 1 heteroatoms. The lowest BCUT2D eigenvalue weighted by Crippen LogP contribution is -2.34. The molecule has 0 fully saturated rings. The fourth-order valence-corrected chi connectivity index (χ4v) is 2.34. The van der Waals surface area contributed by atoms with Crippen LogP contribution in [0.25, 0.3) is 0 Å². The lowest BCUT2D eigenvalue weighted by Gasteiger charge is -2.40. The first-order chi connectivity index (χ1) is 6.28. The smallest absolute Gasteiger partial charge is 0.159 e. The number of Topliss-reactive ketones (excluding diaryl/α,β-unsaturated/α-hetero) is 1. The van der Waals surface area contributed by atoms with Crippen molar-refractivity contribution >= 4 is 5.78 Å². The number of carbonyl (C=O) groups is 1. The number of ketones is 1. The van der Waals surface area contributed by atoms with Gasteiger partial charge in [-0.15, -0.1) is 0 Å². The van der Waals surface area contributed by atoms with Crippen molar-refractivity contribution in [1.82, 2.24) is 0 Å². The zero-order chi connectivity index (χ0) is 11.1. The Kier molecular flexibility index (Phi) is 2.71. The SMILES string of the molecule is C=C(C)C1CC(=O)C(C)=C(C)C1(C)C. The molecule has 0 radical (unpaired) electrons. The Labute approximate surface area is 86.9 Å². The van der Waals surface area contributed by atoms with Gasteiger partial charge < -0.3 is 0 Å². The van der Waals surface area contributed by atoms with Crippen molar-refractivity contribution in [2.24, 2.45) is 11.3 Å². The van der Waals surface area contributed by atoms with E-state index in [9.17, 15) is 4.79 Å². The maximum absolute atomic E-state index is 11.7. The molecule has 0 aromatic carbocycles. The first-order valence-corrected chi connectivity index (χ1v) is 5.15. The zero-order valence-electron chi connectivity index (χ0n) is 9.90. The average Bonchev–Trinajstić information content (AvgIpc) is 2.08. The number of rotatable bonds is 1. The maximum atomic E-state index is 11.7. The van der Waals surface area contributed by atoms with Crippen LogP contribution in [-0.4, -0.2) is 5.78 Å². The fraction of sp³-hybridized carbons (Fsp3) is 0.615. The summed E-state index contributed by atoms with van der Waals surface area (Å²) >= 11 is 0. The van der Waals surface area contributed by atoms with Crippen LogP contribution in [0.15, 0.2) is 23.3 Å². The predicted molar refractivity (Wildman–Crippen MR) is 60.1 cm³/mol. The van der Waals surface area contributed by atoms with E-state index in [-0.39, 0.29) is 11.2 Å². The summed E-state index contributed by atoms with van der Waals surface area (Å²) in [4.78, 5) is 11.7. The van der Waals surface area contributed by atoms with Crippen molar-refractivity contribution in [2.75, 3.05) is 0 Å². The van der Waals surface area contributed by atoms with Gasteiger partial charge in [0.1, 0.15) is 0 Å². The molecule has 0 aromatic rings. The van der Waals surface area contributed by atoms with Crippen LogP contribution in [0.5, 0.6) is 0 Å². The van der Waals surface area contributed by atoms with Gasteiger partial charge in [0.05, 0.1) is 0 Å². The number of allylic oxidation sites excluding steroid dienone is 3. The Morgan fingerprint density at radius 3 is 2.36 bits per heavy atom. The van der Waals surface area contributed by atoms with Crippen LogP contribution in [0.3, 0.4) is 0 Å². The average molecular weight is 192 g/mol. The van der Waals surface area contributed by atoms with Gasteiger partial charge in [0.25, 0.3) is 0 Å². The highest BCUT2D eigenvalue weighted by Gasteiger charge is 2.38. The Morgan fingerprint density at radius 2 is 1.93 bits per heavy atom. The topological polar surface area (TPSA) is 17.1 Å². The van der Waals surface area contributed by atoms with Gasteiger partial charge in [-0.1, -0.05) is 31.6 Å². The molecule has 1 aliphatic carbocycles. The van der Waals surface area contributed by atoms with E-state index < -0.39 is 0 Å². The van der Waals surface area contributed by atoms with Crippen molar-refractivity contribution in [3.05, 3.63) is 23.3 Å². The van der Waals surface area contributed by atoms with Gasteiger partial charge in [0.2, 0.25) is 0 Å². The molecule has 0 aliphatic heterocycles. The molecular weight excluding hydrogens is 172 g/mol. The summed E-state index contributed by atoms with van der Waals surface area (Å²) in [6, 6.07) is 0. The molecule has 1 rings (SSSR count). The standard InChI is InChI=1S/C13H20O/c1-8(2)11-7-12(14)9(3)10(4)13(11,5)6/h11H,1,7H2,2-6H3. The monoisotopic (exact) mass is 192 g/mol. The summed E-state index contributed by atoms with van der Waals surface area (Å²) in [6.45, 7) is 14.4. The van der Waals surface area contributed by atoms with E-state index in [0.29, 0.717) is 12.3 Å². The Balaban J connectivity index is 3.22. The minimum absolute atomic E-state index is 0.0871. The van der Waals surface area contributed by atoms with Gasteiger partial charge in [-0.25, -0.2) is 0 Å². The quantitative estimate of drug-likeness (QED) is 0.581. The van der Waals surface area contributed by atoms with Crippen LogP contribution in [0.2, 0.25) is 0 Å². The van der Waals surface area contributed by atoms with E-state index in [1.54, 1.807) is 0 Å². The molecule has 0 spiro atoms. The summed E-state index contributed by atoms with van der Waals surface area (Å²) in [7, 11) is 0. The van der Waals surface area contributed by atoms with Crippen LogP contribution < -0.4 is 0 Å². The maximum Gasteiger partial charge on any atom is 0.159 e. The second kappa shape index (κ2) is 3.38. The van der Waals surface area contributed by atoms with Gasteiger partial charge in [-0.2, -0.15) is 0 Å². The number of hydrogen-bond donors (Lipinski definition) is 0. The van der Waals surface area contributed by atoms with Gasteiger partial charge in [-0.05, 0) is 37.7 Å². The van der Waals surface area contributed by atoms with Crippen molar-refractivity contribution in [2.45, 2.75) is 41.0 Å². The van der Waals surface area contributed by atoms with Crippen LogP contribution in [-0.2, 0) is 4.79 Å². The molecule has 1 unspecified atom stereocenters. The molecule has 78 valence electrons. The number of carbonyl (C=O) groups excluding carboxylic acids is 1. The summed E-state index contributed by atoms with van der Waals surface area (Å²) in [5, 5.41) is 0. The van der Waals surface area contributed by atoms with Crippen molar-refractivity contribution in [3.63, 3.8) is 0 Å². The van der Waals surface area contributed by atoms with E-state index in [0.717, 1.165) is 11.1 Å². The second-order valence-electron chi connectivity index (χ2n) is 5.00. The highest BCUT2D eigenvalue weighted by Crippen LogP contribution is 2.45. The van der Waals surface area contributed by atoms with Crippen molar-refractivity contribution in [1.29, 1.82) is 0 Å². The predicted octanol–water partition coefficient (Wildman–Crippen LogP) is 3.51. The van der Waals surface area contributed by atoms with E-state index in [4.69, 9.17) is 0 Å². The molecule has 14 heavy (non-hydrogen) atoms. The van der Waals surface area contributed by atoms with E-state index in [2.05, 4.69) is 27.4 Å². The molecule has 0 aromatic heterocycles. The Morgan fingerprint density at radius 1 is 1.43 bits per heavy atom. The van der Waals surface area contributed by atoms with E-state index >= 15 is 0 Å². The van der Waals surface area contributed by atoms with Crippen LogP contribution >= 0.6 is 0 Å². The first-order valence-electron chi connectivity index (χ1n) is 5.15. The highest BCUT2D eigenvalue weighted by molar-refractivity contribution is 5.97. The van der Waals surface area contributed by atoms with Crippen LogP contribution in [0, 0.1) is 11.3 Å². The number of hydrogen-bond acceptors (Lipinski definition) is 1. The third-order valence-electron chi connectivity index (χ3n) is 3.80. The molecule has 0 N–H and O–H groups in total. The van der Waals surface area contributed by atoms with Crippen LogP contribution in [0.4, 0.5) is 0 Å². The van der Waals surface area contributed by atoms with Crippen molar-refractivity contribution < 1.29 is 4.79 Å². The zero-order valence-corrected chi connectivity index (χ0v) is 9.90. The highest BCUT2D eigenvalue weighted by atomic mass is 16.1. The third kappa shape index (κ3) is 1.56. The second-order valence-corrected chi connectivity index (χ2v) is 5.00. The molecule has 1 nitrogen and oxygen atoms in total. The normalized spacial score (nSPS) is 26.6. The Bertz CT molecular complexity index is 318. The first kappa shape index (κ1) is 11.2. The summed E-state index contributed by atoms with van der Waals surface area (Å²) in [6.07, 6.45) is 0.630. The van der Waals surface area contributed by atoms with Gasteiger partial charge in [0.15, 0.2) is 5.78 Å². The van der Waals surface area contributed by atoms with E-state index in [1.165, 1.54) is 5.57 Å². The minimum atomic E-state index is 0.0871. The Hall–Kier alpha value is -0.850. The molecule has 0 saturated carbocycles.